The number of aryl methyl sites for hydroxylation is 2. The van der Waals surface area contributed by atoms with Crippen molar-refractivity contribution in [2.75, 3.05) is 23.7 Å². The van der Waals surface area contributed by atoms with E-state index in [4.69, 9.17) is 5.10 Å². The summed E-state index contributed by atoms with van der Waals surface area (Å²) in [5.74, 6) is 0.319. The number of para-hydroxylation sites is 1. The zero-order chi connectivity index (χ0) is 25.6. The van der Waals surface area contributed by atoms with E-state index in [1.54, 1.807) is 9.58 Å². The molecular formula is C28H37N5O2. The van der Waals surface area contributed by atoms with E-state index in [2.05, 4.69) is 38.3 Å². The number of hydrogen-bond donors (Lipinski definition) is 2. The van der Waals surface area contributed by atoms with Crippen molar-refractivity contribution in [2.45, 2.75) is 59.8 Å². The third kappa shape index (κ3) is 6.94. The highest BCUT2D eigenvalue weighted by Gasteiger charge is 2.23. The largest absolute Gasteiger partial charge is 0.322 e. The maximum absolute atomic E-state index is 13.2. The highest BCUT2D eigenvalue weighted by molar-refractivity contribution is 5.96. The van der Waals surface area contributed by atoms with Crippen LogP contribution in [0, 0.1) is 13.8 Å². The number of anilines is 2. The molecule has 3 amide bonds. The van der Waals surface area contributed by atoms with Gasteiger partial charge in [-0.05, 0) is 49.6 Å². The van der Waals surface area contributed by atoms with Crippen LogP contribution >= 0.6 is 0 Å². The molecule has 3 rings (SSSR count). The minimum absolute atomic E-state index is 0.0541. The van der Waals surface area contributed by atoms with Crippen molar-refractivity contribution in [3.63, 3.8) is 0 Å². The van der Waals surface area contributed by atoms with Crippen LogP contribution in [0.15, 0.2) is 54.6 Å². The van der Waals surface area contributed by atoms with Crippen LogP contribution in [0.5, 0.6) is 0 Å². The Morgan fingerprint density at radius 3 is 2.40 bits per heavy atom. The summed E-state index contributed by atoms with van der Waals surface area (Å²) in [6.45, 7) is 12.8. The number of unbranched alkanes of at least 4 members (excludes halogenated alkanes) is 1. The van der Waals surface area contributed by atoms with Crippen molar-refractivity contribution in [2.24, 2.45) is 0 Å². The van der Waals surface area contributed by atoms with Gasteiger partial charge >= 0.3 is 6.03 Å². The number of amides is 3. The van der Waals surface area contributed by atoms with Crippen LogP contribution in [0.3, 0.4) is 0 Å². The Bertz CT molecular complexity index is 1180. The summed E-state index contributed by atoms with van der Waals surface area (Å²) in [6.07, 6.45) is 1.73. The van der Waals surface area contributed by atoms with Crippen LogP contribution in [0.4, 0.5) is 16.3 Å². The van der Waals surface area contributed by atoms with Crippen molar-refractivity contribution in [3.05, 3.63) is 71.4 Å². The van der Waals surface area contributed by atoms with Gasteiger partial charge < -0.3 is 15.5 Å². The van der Waals surface area contributed by atoms with E-state index in [-0.39, 0.29) is 23.9 Å². The van der Waals surface area contributed by atoms with Gasteiger partial charge in [-0.25, -0.2) is 9.48 Å². The van der Waals surface area contributed by atoms with Gasteiger partial charge in [0.05, 0.1) is 11.4 Å². The lowest BCUT2D eigenvalue weighted by Gasteiger charge is -2.23. The Morgan fingerprint density at radius 1 is 1.00 bits per heavy atom. The van der Waals surface area contributed by atoms with Gasteiger partial charge in [0.15, 0.2) is 0 Å². The minimum atomic E-state index is -0.290. The van der Waals surface area contributed by atoms with Crippen LogP contribution in [-0.2, 0) is 10.2 Å². The fourth-order valence-electron chi connectivity index (χ4n) is 3.70. The molecule has 0 spiro atoms. The third-order valence-electron chi connectivity index (χ3n) is 5.76. The number of nitrogens with one attached hydrogen (secondary N) is 2. The van der Waals surface area contributed by atoms with E-state index in [0.717, 1.165) is 35.3 Å². The lowest BCUT2D eigenvalue weighted by Crippen LogP contribution is -2.41. The molecular weight excluding hydrogens is 438 g/mol. The standard InChI is InChI=1S/C28H37N5O2/c1-7-8-16-32(27(35)29-22-14-11-12-20(2)17-22)19-26(34)30-25-18-24(28(4,5)6)31-33(25)23-15-10-9-13-21(23)3/h9-15,17-18H,7-8,16,19H2,1-6H3,(H,29,35)(H,30,34). The lowest BCUT2D eigenvalue weighted by molar-refractivity contribution is -0.116. The van der Waals surface area contributed by atoms with Gasteiger partial charge in [0.25, 0.3) is 0 Å². The molecule has 0 radical (unpaired) electrons. The predicted molar refractivity (Wildman–Crippen MR) is 142 cm³/mol. The smallest absolute Gasteiger partial charge is 0.315 e. The highest BCUT2D eigenvalue weighted by atomic mass is 16.2. The van der Waals surface area contributed by atoms with E-state index in [1.807, 2.05) is 68.4 Å². The second kappa shape index (κ2) is 11.2. The van der Waals surface area contributed by atoms with E-state index < -0.39 is 0 Å². The number of carbonyl (C=O) groups excluding carboxylic acids is 2. The topological polar surface area (TPSA) is 79.3 Å². The van der Waals surface area contributed by atoms with Crippen LogP contribution in [0.1, 0.15) is 57.4 Å². The molecule has 0 atom stereocenters. The van der Waals surface area contributed by atoms with Crippen LogP contribution in [0.2, 0.25) is 0 Å². The van der Waals surface area contributed by atoms with Crippen LogP contribution in [0.25, 0.3) is 5.69 Å². The van der Waals surface area contributed by atoms with Crippen LogP contribution < -0.4 is 10.6 Å². The predicted octanol–water partition coefficient (Wildman–Crippen LogP) is 6.06. The number of urea groups is 1. The Balaban J connectivity index is 1.82. The van der Waals surface area contributed by atoms with Gasteiger partial charge in [-0.15, -0.1) is 0 Å². The fraction of sp³-hybridized carbons (Fsp3) is 0.393. The molecule has 0 aliphatic heterocycles. The maximum Gasteiger partial charge on any atom is 0.322 e. The maximum atomic E-state index is 13.2. The molecule has 0 fully saturated rings. The van der Waals surface area contributed by atoms with E-state index in [1.165, 1.54) is 0 Å². The molecule has 0 saturated heterocycles. The third-order valence-corrected chi connectivity index (χ3v) is 5.76. The molecule has 7 nitrogen and oxygen atoms in total. The number of carbonyl (C=O) groups is 2. The summed E-state index contributed by atoms with van der Waals surface area (Å²) in [5.41, 5.74) is 4.40. The van der Waals surface area contributed by atoms with Gasteiger partial charge in [-0.2, -0.15) is 5.10 Å². The SMILES string of the molecule is CCCCN(CC(=O)Nc1cc(C(C)(C)C)nn1-c1ccccc1C)C(=O)Nc1cccc(C)c1. The van der Waals surface area contributed by atoms with Crippen molar-refractivity contribution in [1.82, 2.24) is 14.7 Å². The Hall–Kier alpha value is -3.61. The number of benzene rings is 2. The molecule has 1 heterocycles. The first kappa shape index (κ1) is 26.0. The molecule has 7 heteroatoms. The van der Waals surface area contributed by atoms with Crippen LogP contribution in [-0.4, -0.2) is 39.7 Å². The van der Waals surface area contributed by atoms with Crippen molar-refractivity contribution < 1.29 is 9.59 Å². The first-order valence-electron chi connectivity index (χ1n) is 12.2. The van der Waals surface area contributed by atoms with Gasteiger partial charge in [0, 0.05) is 23.7 Å². The number of rotatable bonds is 8. The Kier molecular flexibility index (Phi) is 8.33. The number of aromatic nitrogens is 2. The Labute approximate surface area is 208 Å². The quantitative estimate of drug-likeness (QED) is 0.416. The lowest BCUT2D eigenvalue weighted by atomic mass is 9.92. The second-order valence-electron chi connectivity index (χ2n) is 9.99. The average molecular weight is 476 g/mol. The summed E-state index contributed by atoms with van der Waals surface area (Å²) in [4.78, 5) is 27.7. The summed E-state index contributed by atoms with van der Waals surface area (Å²) < 4.78 is 1.77. The average Bonchev–Trinajstić information content (AvgIpc) is 3.21. The first-order chi connectivity index (χ1) is 16.6. The fourth-order valence-corrected chi connectivity index (χ4v) is 3.70. The van der Waals surface area contributed by atoms with Crippen molar-refractivity contribution >= 4 is 23.4 Å². The molecule has 0 aliphatic rings. The summed E-state index contributed by atoms with van der Waals surface area (Å²) in [6, 6.07) is 17.2. The summed E-state index contributed by atoms with van der Waals surface area (Å²) in [7, 11) is 0. The molecule has 0 aliphatic carbocycles. The van der Waals surface area contributed by atoms with E-state index in [9.17, 15) is 9.59 Å². The van der Waals surface area contributed by atoms with Gasteiger partial charge in [0.1, 0.15) is 12.4 Å². The Morgan fingerprint density at radius 2 is 1.74 bits per heavy atom. The molecule has 2 N–H and O–H groups in total. The normalized spacial score (nSPS) is 11.3. The molecule has 3 aromatic rings. The van der Waals surface area contributed by atoms with E-state index >= 15 is 0 Å². The first-order valence-corrected chi connectivity index (χ1v) is 12.2. The molecule has 0 unspecified atom stereocenters. The van der Waals surface area contributed by atoms with Gasteiger partial charge in [-0.1, -0.05) is 64.4 Å². The summed E-state index contributed by atoms with van der Waals surface area (Å²) >= 11 is 0. The van der Waals surface area contributed by atoms with E-state index in [0.29, 0.717) is 18.1 Å². The summed E-state index contributed by atoms with van der Waals surface area (Å²) in [5, 5.41) is 10.7. The van der Waals surface area contributed by atoms with Crippen molar-refractivity contribution in [1.29, 1.82) is 0 Å². The molecule has 35 heavy (non-hydrogen) atoms. The molecule has 0 bridgehead atoms. The molecule has 0 saturated carbocycles. The minimum Gasteiger partial charge on any atom is -0.315 e. The van der Waals surface area contributed by atoms with Gasteiger partial charge in [-0.3, -0.25) is 4.79 Å². The number of nitrogens with zero attached hydrogens (tertiary/aromatic N) is 3. The zero-order valence-corrected chi connectivity index (χ0v) is 21.7. The van der Waals surface area contributed by atoms with Crippen molar-refractivity contribution in [3.8, 4) is 5.69 Å². The monoisotopic (exact) mass is 475 g/mol. The van der Waals surface area contributed by atoms with Gasteiger partial charge in [0.2, 0.25) is 5.91 Å². The zero-order valence-electron chi connectivity index (χ0n) is 21.7. The molecule has 1 aromatic heterocycles. The number of hydrogen-bond acceptors (Lipinski definition) is 3. The second-order valence-corrected chi connectivity index (χ2v) is 9.99. The molecule has 2 aromatic carbocycles. The molecule has 186 valence electrons. The highest BCUT2D eigenvalue weighted by Crippen LogP contribution is 2.27.